The monoisotopic (exact) mass is 381 g/mol. The number of fused-ring (bicyclic) bond motifs is 2. The van der Waals surface area contributed by atoms with Crippen molar-refractivity contribution in [3.8, 4) is 0 Å². The number of hydrogen-bond acceptors (Lipinski definition) is 3. The summed E-state index contributed by atoms with van der Waals surface area (Å²) in [5.74, 6) is -1.18. The fourth-order valence-corrected chi connectivity index (χ4v) is 3.97. The Labute approximate surface area is 161 Å². The van der Waals surface area contributed by atoms with E-state index in [2.05, 4.69) is 10.6 Å². The number of amides is 4. The van der Waals surface area contributed by atoms with Crippen molar-refractivity contribution >= 4 is 17.8 Å². The SMILES string of the molecule is O=C(CN1C(=O)N[C@]2(CCc3ccccc32)C1=O)NCCc1ccccc1F. The van der Waals surface area contributed by atoms with Crippen LogP contribution in [-0.4, -0.2) is 35.8 Å². The number of urea groups is 1. The van der Waals surface area contributed by atoms with Gasteiger partial charge in [-0.05, 0) is 42.0 Å². The molecule has 2 N–H and O–H groups in total. The summed E-state index contributed by atoms with van der Waals surface area (Å²) in [4.78, 5) is 38.6. The van der Waals surface area contributed by atoms with Gasteiger partial charge in [-0.15, -0.1) is 0 Å². The van der Waals surface area contributed by atoms with Crippen LogP contribution in [0.25, 0.3) is 0 Å². The predicted molar refractivity (Wildman–Crippen MR) is 99.8 cm³/mol. The number of carbonyl (C=O) groups excluding carboxylic acids is 3. The van der Waals surface area contributed by atoms with E-state index < -0.39 is 23.4 Å². The Morgan fingerprint density at radius 2 is 1.89 bits per heavy atom. The smallest absolute Gasteiger partial charge is 0.325 e. The van der Waals surface area contributed by atoms with E-state index in [9.17, 15) is 18.8 Å². The molecule has 6 nitrogen and oxygen atoms in total. The van der Waals surface area contributed by atoms with E-state index in [1.54, 1.807) is 18.2 Å². The van der Waals surface area contributed by atoms with Crippen molar-refractivity contribution < 1.29 is 18.8 Å². The Morgan fingerprint density at radius 1 is 1.14 bits per heavy atom. The summed E-state index contributed by atoms with van der Waals surface area (Å²) in [5.41, 5.74) is 1.27. The van der Waals surface area contributed by atoms with E-state index in [0.29, 0.717) is 24.8 Å². The summed E-state index contributed by atoms with van der Waals surface area (Å²) < 4.78 is 13.6. The van der Waals surface area contributed by atoms with Gasteiger partial charge in [-0.3, -0.25) is 14.5 Å². The second-order valence-electron chi connectivity index (χ2n) is 7.08. The van der Waals surface area contributed by atoms with Crippen molar-refractivity contribution in [3.05, 3.63) is 71.0 Å². The van der Waals surface area contributed by atoms with E-state index in [1.165, 1.54) is 6.07 Å². The largest absolute Gasteiger partial charge is 0.354 e. The fraction of sp³-hybridized carbons (Fsp3) is 0.286. The molecule has 4 amide bonds. The van der Waals surface area contributed by atoms with Gasteiger partial charge < -0.3 is 10.6 Å². The predicted octanol–water partition coefficient (Wildman–Crippen LogP) is 1.88. The van der Waals surface area contributed by atoms with Crippen molar-refractivity contribution in [2.24, 2.45) is 0 Å². The lowest BCUT2D eigenvalue weighted by molar-refractivity contribution is -0.135. The molecule has 0 aromatic heterocycles. The second kappa shape index (κ2) is 7.07. The Hall–Kier alpha value is -3.22. The second-order valence-corrected chi connectivity index (χ2v) is 7.08. The molecule has 0 unspecified atom stereocenters. The van der Waals surface area contributed by atoms with Crippen LogP contribution in [0.5, 0.6) is 0 Å². The van der Waals surface area contributed by atoms with Gasteiger partial charge in [0.05, 0.1) is 0 Å². The molecule has 1 heterocycles. The maximum Gasteiger partial charge on any atom is 0.325 e. The molecule has 1 aliphatic carbocycles. The zero-order chi connectivity index (χ0) is 19.7. The molecule has 4 rings (SSSR count). The molecular formula is C21H20FN3O3. The van der Waals surface area contributed by atoms with E-state index in [-0.39, 0.29) is 18.9 Å². The Morgan fingerprint density at radius 3 is 2.71 bits per heavy atom. The van der Waals surface area contributed by atoms with Crippen molar-refractivity contribution in [3.63, 3.8) is 0 Å². The minimum atomic E-state index is -1.07. The lowest BCUT2D eigenvalue weighted by atomic mass is 9.92. The van der Waals surface area contributed by atoms with Crippen LogP contribution in [0.1, 0.15) is 23.1 Å². The number of carbonyl (C=O) groups is 3. The molecule has 1 spiro atoms. The molecule has 0 bridgehead atoms. The molecule has 2 aromatic rings. The molecule has 2 aliphatic rings. The minimum Gasteiger partial charge on any atom is -0.354 e. The zero-order valence-electron chi connectivity index (χ0n) is 15.2. The van der Waals surface area contributed by atoms with Gasteiger partial charge in [-0.25, -0.2) is 9.18 Å². The fourth-order valence-electron chi connectivity index (χ4n) is 3.97. The van der Waals surface area contributed by atoms with Crippen molar-refractivity contribution in [1.82, 2.24) is 15.5 Å². The molecule has 28 heavy (non-hydrogen) atoms. The van der Waals surface area contributed by atoms with Gasteiger partial charge >= 0.3 is 6.03 Å². The van der Waals surface area contributed by atoms with Gasteiger partial charge in [0.15, 0.2) is 0 Å². The highest BCUT2D eigenvalue weighted by Crippen LogP contribution is 2.41. The topological polar surface area (TPSA) is 78.5 Å². The number of imide groups is 1. The van der Waals surface area contributed by atoms with Gasteiger partial charge in [0, 0.05) is 6.54 Å². The highest BCUT2D eigenvalue weighted by molar-refractivity contribution is 6.09. The summed E-state index contributed by atoms with van der Waals surface area (Å²) >= 11 is 0. The highest BCUT2D eigenvalue weighted by atomic mass is 19.1. The number of benzene rings is 2. The Kier molecular flexibility index (Phi) is 4.58. The van der Waals surface area contributed by atoms with Crippen molar-refractivity contribution in [2.75, 3.05) is 13.1 Å². The van der Waals surface area contributed by atoms with Crippen LogP contribution in [0.2, 0.25) is 0 Å². The number of hydrogen-bond donors (Lipinski definition) is 2. The van der Waals surface area contributed by atoms with Gasteiger partial charge in [-0.1, -0.05) is 42.5 Å². The highest BCUT2D eigenvalue weighted by Gasteiger charge is 2.55. The molecule has 144 valence electrons. The third-order valence-corrected chi connectivity index (χ3v) is 5.40. The summed E-state index contributed by atoms with van der Waals surface area (Å²) in [6.45, 7) is -0.136. The first-order chi connectivity index (χ1) is 13.5. The lowest BCUT2D eigenvalue weighted by Crippen LogP contribution is -2.44. The molecule has 1 atom stereocenters. The van der Waals surface area contributed by atoms with Crippen LogP contribution in [0, 0.1) is 5.82 Å². The summed E-state index contributed by atoms with van der Waals surface area (Å²) in [7, 11) is 0. The maximum atomic E-state index is 13.6. The van der Waals surface area contributed by atoms with Crippen LogP contribution in [0.15, 0.2) is 48.5 Å². The van der Waals surface area contributed by atoms with Crippen molar-refractivity contribution in [1.29, 1.82) is 0 Å². The molecule has 2 aromatic carbocycles. The van der Waals surface area contributed by atoms with Crippen LogP contribution < -0.4 is 10.6 Å². The summed E-state index contributed by atoms with van der Waals surface area (Å²) in [5, 5.41) is 5.43. The zero-order valence-corrected chi connectivity index (χ0v) is 15.2. The first-order valence-electron chi connectivity index (χ1n) is 9.24. The van der Waals surface area contributed by atoms with Crippen LogP contribution in [0.3, 0.4) is 0 Å². The van der Waals surface area contributed by atoms with Crippen LogP contribution in [0.4, 0.5) is 9.18 Å². The molecule has 1 saturated heterocycles. The lowest BCUT2D eigenvalue weighted by Gasteiger charge is -2.22. The van der Waals surface area contributed by atoms with Gasteiger partial charge in [0.2, 0.25) is 5.91 Å². The van der Waals surface area contributed by atoms with Crippen LogP contribution in [-0.2, 0) is 28.0 Å². The van der Waals surface area contributed by atoms with E-state index in [1.807, 2.05) is 24.3 Å². The minimum absolute atomic E-state index is 0.220. The summed E-state index contributed by atoms with van der Waals surface area (Å²) in [6.07, 6.45) is 1.52. The molecule has 0 radical (unpaired) electrons. The Balaban J connectivity index is 1.39. The van der Waals surface area contributed by atoms with E-state index >= 15 is 0 Å². The van der Waals surface area contributed by atoms with E-state index in [0.717, 1.165) is 16.0 Å². The molecule has 1 aliphatic heterocycles. The van der Waals surface area contributed by atoms with Gasteiger partial charge in [0.25, 0.3) is 5.91 Å². The Bertz CT molecular complexity index is 961. The maximum absolute atomic E-state index is 13.6. The average molecular weight is 381 g/mol. The number of nitrogens with zero attached hydrogens (tertiary/aromatic N) is 1. The standard InChI is InChI=1S/C21H20FN3O3/c22-17-8-4-2-6-15(17)10-12-23-18(26)13-25-19(27)21(24-20(25)28)11-9-14-5-1-3-7-16(14)21/h1-8H,9-13H2,(H,23,26)(H,24,28)/t21-/m0/s1. The van der Waals surface area contributed by atoms with Gasteiger partial charge in [-0.2, -0.15) is 0 Å². The summed E-state index contributed by atoms with van der Waals surface area (Å²) in [6, 6.07) is 13.3. The molecule has 0 saturated carbocycles. The normalized spacial score (nSPS) is 20.4. The molecule has 1 fully saturated rings. The number of nitrogens with one attached hydrogen (secondary N) is 2. The first kappa shape index (κ1) is 18.2. The van der Waals surface area contributed by atoms with Crippen molar-refractivity contribution in [2.45, 2.75) is 24.8 Å². The third-order valence-electron chi connectivity index (χ3n) is 5.40. The first-order valence-corrected chi connectivity index (χ1v) is 9.24. The van der Waals surface area contributed by atoms with E-state index in [4.69, 9.17) is 0 Å². The third kappa shape index (κ3) is 3.02. The number of halogens is 1. The quantitative estimate of drug-likeness (QED) is 0.777. The average Bonchev–Trinajstić information content (AvgIpc) is 3.17. The van der Waals surface area contributed by atoms with Gasteiger partial charge in [0.1, 0.15) is 17.9 Å². The molecular weight excluding hydrogens is 361 g/mol. The molecule has 7 heteroatoms. The van der Waals surface area contributed by atoms with Crippen LogP contribution >= 0.6 is 0 Å². The number of rotatable bonds is 5. The number of aryl methyl sites for hydroxylation is 1.